The zero-order chi connectivity index (χ0) is 27.1. The Morgan fingerprint density at radius 1 is 1.17 bits per heavy atom. The van der Waals surface area contributed by atoms with Crippen LogP contribution in [0.4, 0.5) is 5.69 Å². The van der Waals surface area contributed by atoms with E-state index in [2.05, 4.69) is 16.0 Å². The molecule has 2 rings (SSSR count). The lowest BCUT2D eigenvalue weighted by Crippen LogP contribution is -2.61. The SMILES string of the molecule is CSC[C@H](NC(=O)[C@](C=O)(CSC)Nc1cc(Cl)ccc1Cl)C(=O)N[C@@H](CC(C)C)C(=O)C1(C)CO1. The number of epoxide rings is 1. The lowest BCUT2D eigenvalue weighted by atomic mass is 9.93. The Morgan fingerprint density at radius 2 is 1.83 bits per heavy atom. The summed E-state index contributed by atoms with van der Waals surface area (Å²) in [5.41, 5.74) is -2.30. The van der Waals surface area contributed by atoms with Gasteiger partial charge >= 0.3 is 0 Å². The van der Waals surface area contributed by atoms with Crippen LogP contribution in [0.1, 0.15) is 27.2 Å². The first-order valence-corrected chi connectivity index (χ1v) is 14.9. The molecule has 0 radical (unpaired) electrons. The third kappa shape index (κ3) is 8.02. The van der Waals surface area contributed by atoms with Gasteiger partial charge in [0.1, 0.15) is 11.6 Å². The molecule has 1 aromatic carbocycles. The van der Waals surface area contributed by atoms with E-state index in [-0.39, 0.29) is 28.2 Å². The standard InChI is InChI=1S/C24H33Cl2N3O5S2/c1-14(2)8-18(20(31)23(3)12-34-23)27-21(32)19(10-35-4)28-22(33)24(11-30,13-36-5)29-17-9-15(25)6-7-16(17)26/h6-7,9,11,14,18-19,29H,8,10,12-13H2,1-5H3,(H,27,32)(H,28,33)/t18-,19-,23?,24-/m0/s1. The van der Waals surface area contributed by atoms with Gasteiger partial charge in [-0.05, 0) is 50.0 Å². The zero-order valence-electron chi connectivity index (χ0n) is 21.0. The van der Waals surface area contributed by atoms with Crippen LogP contribution in [0.5, 0.6) is 0 Å². The number of benzene rings is 1. The molecular weight excluding hydrogens is 545 g/mol. The summed E-state index contributed by atoms with van der Waals surface area (Å²) in [4.78, 5) is 52.0. The van der Waals surface area contributed by atoms with Crippen LogP contribution in [0.3, 0.4) is 0 Å². The number of carbonyl (C=O) groups excluding carboxylic acids is 4. The maximum Gasteiger partial charge on any atom is 0.254 e. The van der Waals surface area contributed by atoms with Crippen molar-refractivity contribution in [3.05, 3.63) is 28.2 Å². The summed E-state index contributed by atoms with van der Waals surface area (Å²) < 4.78 is 5.29. The van der Waals surface area contributed by atoms with E-state index < -0.39 is 35.0 Å². The third-order valence-electron chi connectivity index (χ3n) is 5.66. The quantitative estimate of drug-likeness (QED) is 0.165. The van der Waals surface area contributed by atoms with Gasteiger partial charge in [-0.1, -0.05) is 37.0 Å². The van der Waals surface area contributed by atoms with Gasteiger partial charge in [-0.15, -0.1) is 0 Å². The van der Waals surface area contributed by atoms with Crippen molar-refractivity contribution in [1.29, 1.82) is 0 Å². The maximum atomic E-state index is 13.5. The second-order valence-electron chi connectivity index (χ2n) is 9.33. The molecule has 1 saturated heterocycles. The van der Waals surface area contributed by atoms with E-state index in [1.807, 2.05) is 13.8 Å². The summed E-state index contributed by atoms with van der Waals surface area (Å²) in [5.74, 6) is -0.943. The Morgan fingerprint density at radius 3 is 2.36 bits per heavy atom. The molecule has 200 valence electrons. The van der Waals surface area contributed by atoms with E-state index in [1.165, 1.54) is 29.6 Å². The number of anilines is 1. The molecule has 3 N–H and O–H groups in total. The summed E-state index contributed by atoms with van der Waals surface area (Å²) >= 11 is 15.0. The van der Waals surface area contributed by atoms with Crippen LogP contribution in [0, 0.1) is 5.92 Å². The van der Waals surface area contributed by atoms with E-state index in [4.69, 9.17) is 27.9 Å². The topological polar surface area (TPSA) is 117 Å². The number of ketones is 1. The van der Waals surface area contributed by atoms with Crippen molar-refractivity contribution in [2.24, 2.45) is 5.92 Å². The van der Waals surface area contributed by atoms with Crippen molar-refractivity contribution in [2.75, 3.05) is 35.9 Å². The fourth-order valence-electron chi connectivity index (χ4n) is 3.57. The highest BCUT2D eigenvalue weighted by atomic mass is 35.5. The minimum atomic E-state index is -1.72. The molecule has 12 heteroatoms. The minimum Gasteiger partial charge on any atom is -0.364 e. The summed E-state index contributed by atoms with van der Waals surface area (Å²) in [6.45, 7) is 5.92. The molecule has 0 spiro atoms. The fraction of sp³-hybridized carbons (Fsp3) is 0.583. The molecule has 1 heterocycles. The van der Waals surface area contributed by atoms with Gasteiger partial charge < -0.3 is 25.5 Å². The van der Waals surface area contributed by atoms with Gasteiger partial charge in [-0.3, -0.25) is 14.4 Å². The fourth-order valence-corrected chi connectivity index (χ4v) is 5.20. The molecule has 1 aliphatic rings. The Hall–Kier alpha value is -1.46. The average Bonchev–Trinajstić information content (AvgIpc) is 3.57. The number of amides is 2. The van der Waals surface area contributed by atoms with E-state index in [9.17, 15) is 19.2 Å². The molecule has 0 saturated carbocycles. The second-order valence-corrected chi connectivity index (χ2v) is 11.9. The first-order valence-electron chi connectivity index (χ1n) is 11.4. The van der Waals surface area contributed by atoms with Crippen LogP contribution >= 0.6 is 46.7 Å². The van der Waals surface area contributed by atoms with Crippen molar-refractivity contribution < 1.29 is 23.9 Å². The largest absolute Gasteiger partial charge is 0.364 e. The first-order chi connectivity index (χ1) is 16.9. The number of Topliss-reactive ketones (excluding diaryl/α,β-unsaturated/α-hetero) is 1. The number of nitrogens with one attached hydrogen (secondary N) is 3. The van der Waals surface area contributed by atoms with Crippen LogP contribution in [0.15, 0.2) is 18.2 Å². The second kappa shape index (κ2) is 13.4. The van der Waals surface area contributed by atoms with E-state index in [0.29, 0.717) is 30.0 Å². The molecule has 1 fully saturated rings. The molecule has 0 aromatic heterocycles. The Labute approximate surface area is 230 Å². The molecule has 36 heavy (non-hydrogen) atoms. The number of hydrogen-bond donors (Lipinski definition) is 3. The molecule has 0 bridgehead atoms. The molecule has 1 aromatic rings. The molecule has 8 nitrogen and oxygen atoms in total. The van der Waals surface area contributed by atoms with Crippen molar-refractivity contribution >= 4 is 76.3 Å². The number of ether oxygens (including phenoxy) is 1. The number of carbonyl (C=O) groups is 4. The van der Waals surface area contributed by atoms with Crippen LogP contribution in [0.2, 0.25) is 10.0 Å². The maximum absolute atomic E-state index is 13.5. The Balaban J connectivity index is 2.26. The van der Waals surface area contributed by atoms with Gasteiger partial charge in [0, 0.05) is 16.5 Å². The van der Waals surface area contributed by atoms with Gasteiger partial charge in [0.2, 0.25) is 5.91 Å². The molecule has 4 atom stereocenters. The van der Waals surface area contributed by atoms with Gasteiger partial charge in [-0.2, -0.15) is 23.5 Å². The molecule has 2 amide bonds. The zero-order valence-corrected chi connectivity index (χ0v) is 24.1. The lowest BCUT2D eigenvalue weighted by Gasteiger charge is -2.31. The molecule has 1 aliphatic heterocycles. The summed E-state index contributed by atoms with van der Waals surface area (Å²) in [6.07, 6.45) is 4.48. The highest BCUT2D eigenvalue weighted by molar-refractivity contribution is 7.98. The number of aldehydes is 1. The van der Waals surface area contributed by atoms with Gasteiger partial charge in [-0.25, -0.2) is 0 Å². The van der Waals surface area contributed by atoms with Gasteiger partial charge in [0.15, 0.2) is 17.6 Å². The highest BCUT2D eigenvalue weighted by Gasteiger charge is 2.50. The highest BCUT2D eigenvalue weighted by Crippen LogP contribution is 2.30. The van der Waals surface area contributed by atoms with E-state index >= 15 is 0 Å². The summed E-state index contributed by atoms with van der Waals surface area (Å²) in [5, 5.41) is 9.09. The number of halogens is 2. The van der Waals surface area contributed by atoms with Crippen LogP contribution in [0.25, 0.3) is 0 Å². The molecule has 1 unspecified atom stereocenters. The van der Waals surface area contributed by atoms with E-state index in [0.717, 1.165) is 0 Å². The molecular formula is C24H33Cl2N3O5S2. The summed E-state index contributed by atoms with van der Waals surface area (Å²) in [7, 11) is 0. The molecule has 0 aliphatic carbocycles. The van der Waals surface area contributed by atoms with Gasteiger partial charge in [0.25, 0.3) is 5.91 Å². The monoisotopic (exact) mass is 577 g/mol. The lowest BCUT2D eigenvalue weighted by molar-refractivity contribution is -0.134. The van der Waals surface area contributed by atoms with Crippen molar-refractivity contribution in [3.63, 3.8) is 0 Å². The van der Waals surface area contributed by atoms with Crippen molar-refractivity contribution in [1.82, 2.24) is 10.6 Å². The van der Waals surface area contributed by atoms with Gasteiger partial charge in [0.05, 0.1) is 23.4 Å². The predicted octanol–water partition coefficient (Wildman–Crippen LogP) is 3.44. The summed E-state index contributed by atoms with van der Waals surface area (Å²) in [6, 6.07) is 2.92. The number of rotatable bonds is 15. The number of thioether (sulfide) groups is 2. The van der Waals surface area contributed by atoms with E-state index in [1.54, 1.807) is 31.6 Å². The Kier molecular flexibility index (Phi) is 11.4. The van der Waals surface area contributed by atoms with Crippen molar-refractivity contribution in [3.8, 4) is 0 Å². The van der Waals surface area contributed by atoms with Crippen LogP contribution in [-0.2, 0) is 23.9 Å². The third-order valence-corrected chi connectivity index (χ3v) is 7.63. The number of hydrogen-bond acceptors (Lipinski definition) is 8. The van der Waals surface area contributed by atoms with Crippen LogP contribution < -0.4 is 16.0 Å². The normalized spacial score (nSPS) is 20.1. The van der Waals surface area contributed by atoms with Crippen molar-refractivity contribution in [2.45, 2.75) is 50.4 Å². The first kappa shape index (κ1) is 30.8. The predicted molar refractivity (Wildman–Crippen MR) is 148 cm³/mol. The average molecular weight is 579 g/mol. The Bertz CT molecular complexity index is 977. The van der Waals surface area contributed by atoms with Crippen LogP contribution in [-0.4, -0.2) is 77.7 Å². The smallest absolute Gasteiger partial charge is 0.254 e. The minimum absolute atomic E-state index is 0.0724.